The van der Waals surface area contributed by atoms with Crippen LogP contribution in [0.15, 0.2) is 35.6 Å². The number of hydrogen-bond donors (Lipinski definition) is 2. The highest BCUT2D eigenvalue weighted by molar-refractivity contribution is 7.85. The molecule has 7 heteroatoms. The third-order valence-electron chi connectivity index (χ3n) is 8.97. The van der Waals surface area contributed by atoms with Crippen LogP contribution in [0.4, 0.5) is 0 Å². The lowest BCUT2D eigenvalue weighted by Crippen LogP contribution is -2.58. The van der Waals surface area contributed by atoms with E-state index < -0.39 is 15.9 Å². The van der Waals surface area contributed by atoms with Gasteiger partial charge in [0.05, 0.1) is 11.4 Å². The maximum atomic E-state index is 12.9. The molecule has 3 aliphatic carbocycles. The lowest BCUT2D eigenvalue weighted by molar-refractivity contribution is -0.134. The van der Waals surface area contributed by atoms with Gasteiger partial charge in [0.1, 0.15) is 0 Å². The minimum absolute atomic E-state index is 0.0190. The molecular weight excluding hydrogens is 414 g/mol. The highest BCUT2D eigenvalue weighted by Crippen LogP contribution is 2.70. The molecule has 6 nitrogen and oxygen atoms in total. The molecule has 0 aromatic carbocycles. The smallest absolute Gasteiger partial charge is 0.266 e. The Morgan fingerprint density at radius 2 is 1.84 bits per heavy atom. The number of hydrogen-bond acceptors (Lipinski definition) is 5. The largest absolute Gasteiger partial charge is 0.381 e. The van der Waals surface area contributed by atoms with Crippen molar-refractivity contribution in [1.82, 2.24) is 5.32 Å². The standard InChI is InChI=1S/C24H35NO5S/c1-16-7-6-9-24(5)22(16,3)10-8-17(2)23(24,4)15-18-13-21(27)19(14-20(18)26)25-11-12-31(28,29)30/h13-14,17,25H,1,6-12,15H2,2-5H3,(H,28,29,30)/t17-,22-,23+,24+/m0/s1. The van der Waals surface area contributed by atoms with E-state index in [-0.39, 0.29) is 40.1 Å². The molecule has 4 atom stereocenters. The fraction of sp³-hybridized carbons (Fsp3) is 0.667. The number of allylic oxidation sites excluding steroid dienone is 4. The Kier molecular flexibility index (Phi) is 6.17. The Hall–Kier alpha value is -1.73. The van der Waals surface area contributed by atoms with E-state index in [1.54, 1.807) is 0 Å². The summed E-state index contributed by atoms with van der Waals surface area (Å²) in [6.45, 7) is 13.5. The molecule has 0 heterocycles. The van der Waals surface area contributed by atoms with Crippen molar-refractivity contribution in [3.8, 4) is 0 Å². The summed E-state index contributed by atoms with van der Waals surface area (Å²) >= 11 is 0. The lowest BCUT2D eigenvalue weighted by atomic mass is 9.38. The highest BCUT2D eigenvalue weighted by atomic mass is 32.2. The summed E-state index contributed by atoms with van der Waals surface area (Å²) in [5.41, 5.74) is 1.74. The number of ketones is 2. The third kappa shape index (κ3) is 4.07. The summed E-state index contributed by atoms with van der Waals surface area (Å²) in [5.74, 6) is -0.678. The average Bonchev–Trinajstić information content (AvgIpc) is 2.65. The van der Waals surface area contributed by atoms with Gasteiger partial charge in [0, 0.05) is 18.2 Å². The summed E-state index contributed by atoms with van der Waals surface area (Å²) in [4.78, 5) is 25.5. The van der Waals surface area contributed by atoms with E-state index >= 15 is 0 Å². The molecule has 0 aliphatic heterocycles. The molecule has 0 saturated heterocycles. The van der Waals surface area contributed by atoms with E-state index in [4.69, 9.17) is 4.55 Å². The molecule has 2 N–H and O–H groups in total. The van der Waals surface area contributed by atoms with E-state index in [0.29, 0.717) is 17.9 Å². The quantitative estimate of drug-likeness (QED) is 0.361. The van der Waals surface area contributed by atoms with Gasteiger partial charge < -0.3 is 5.32 Å². The fourth-order valence-electron chi connectivity index (χ4n) is 6.29. The van der Waals surface area contributed by atoms with Gasteiger partial charge >= 0.3 is 0 Å². The van der Waals surface area contributed by atoms with Gasteiger partial charge in [0.15, 0.2) is 5.78 Å². The predicted molar refractivity (Wildman–Crippen MR) is 121 cm³/mol. The first-order chi connectivity index (χ1) is 14.2. The first-order valence-electron chi connectivity index (χ1n) is 11.1. The first-order valence-corrected chi connectivity index (χ1v) is 12.7. The van der Waals surface area contributed by atoms with Crippen LogP contribution >= 0.6 is 0 Å². The summed E-state index contributed by atoms with van der Waals surface area (Å²) in [6, 6.07) is 0. The van der Waals surface area contributed by atoms with Crippen molar-refractivity contribution in [2.24, 2.45) is 22.2 Å². The zero-order valence-electron chi connectivity index (χ0n) is 19.1. The molecule has 31 heavy (non-hydrogen) atoms. The number of nitrogens with one attached hydrogen (secondary N) is 1. The van der Waals surface area contributed by atoms with E-state index in [1.807, 2.05) is 0 Å². The van der Waals surface area contributed by atoms with Gasteiger partial charge in [-0.2, -0.15) is 8.42 Å². The van der Waals surface area contributed by atoms with Crippen molar-refractivity contribution < 1.29 is 22.6 Å². The molecule has 0 bridgehead atoms. The van der Waals surface area contributed by atoms with Crippen LogP contribution in [0.5, 0.6) is 0 Å². The van der Waals surface area contributed by atoms with Crippen LogP contribution < -0.4 is 5.32 Å². The van der Waals surface area contributed by atoms with Gasteiger partial charge in [0.2, 0.25) is 5.78 Å². The van der Waals surface area contributed by atoms with Crippen LogP contribution in [0.2, 0.25) is 0 Å². The van der Waals surface area contributed by atoms with Crippen molar-refractivity contribution >= 4 is 21.7 Å². The van der Waals surface area contributed by atoms with Crippen LogP contribution in [-0.2, 0) is 19.7 Å². The SMILES string of the molecule is C=C1CCC[C@]2(C)[C@@]1(C)CC[C@H](C)[C@@]2(C)CC1=CC(=O)C(NCCS(=O)(=O)O)=CC1=O. The summed E-state index contributed by atoms with van der Waals surface area (Å²) in [5, 5.41) is 2.66. The van der Waals surface area contributed by atoms with Crippen LogP contribution in [-0.4, -0.2) is 36.8 Å². The van der Waals surface area contributed by atoms with Crippen molar-refractivity contribution in [2.75, 3.05) is 12.3 Å². The second-order valence-corrected chi connectivity index (χ2v) is 11.9. The van der Waals surface area contributed by atoms with Gasteiger partial charge in [-0.05, 0) is 66.8 Å². The van der Waals surface area contributed by atoms with Gasteiger partial charge in [-0.3, -0.25) is 14.1 Å². The van der Waals surface area contributed by atoms with Gasteiger partial charge in [-0.1, -0.05) is 39.8 Å². The molecule has 0 aromatic heterocycles. The van der Waals surface area contributed by atoms with E-state index in [0.717, 1.165) is 32.1 Å². The molecule has 0 amide bonds. The second-order valence-electron chi connectivity index (χ2n) is 10.3. The lowest BCUT2D eigenvalue weighted by Gasteiger charge is -2.66. The Bertz CT molecular complexity index is 978. The van der Waals surface area contributed by atoms with E-state index in [9.17, 15) is 18.0 Å². The summed E-state index contributed by atoms with van der Waals surface area (Å²) in [7, 11) is -4.14. The molecule has 0 radical (unpaired) electrons. The normalized spacial score (nSPS) is 36.5. The Labute approximate surface area is 186 Å². The number of carbonyl (C=O) groups excluding carboxylic acids is 2. The minimum atomic E-state index is -4.14. The summed E-state index contributed by atoms with van der Waals surface area (Å²) in [6.07, 6.45) is 8.60. The Morgan fingerprint density at radius 1 is 1.16 bits per heavy atom. The predicted octanol–water partition coefficient (Wildman–Crippen LogP) is 4.00. The topological polar surface area (TPSA) is 101 Å². The molecular formula is C24H35NO5S. The Morgan fingerprint density at radius 3 is 2.48 bits per heavy atom. The van der Waals surface area contributed by atoms with Crippen LogP contribution in [0, 0.1) is 22.2 Å². The minimum Gasteiger partial charge on any atom is -0.381 e. The van der Waals surface area contributed by atoms with E-state index in [2.05, 4.69) is 39.6 Å². The van der Waals surface area contributed by atoms with Crippen LogP contribution in [0.1, 0.15) is 66.2 Å². The molecule has 3 rings (SSSR count). The molecule has 2 fully saturated rings. The number of carbonyl (C=O) groups is 2. The number of rotatable bonds is 6. The zero-order chi connectivity index (χ0) is 23.2. The number of fused-ring (bicyclic) bond motifs is 1. The van der Waals surface area contributed by atoms with E-state index in [1.165, 1.54) is 17.7 Å². The molecule has 2 saturated carbocycles. The van der Waals surface area contributed by atoms with Crippen molar-refractivity contribution in [3.05, 3.63) is 35.6 Å². The second kappa shape index (κ2) is 8.00. The maximum Gasteiger partial charge on any atom is 0.266 e. The zero-order valence-corrected chi connectivity index (χ0v) is 19.9. The van der Waals surface area contributed by atoms with Crippen molar-refractivity contribution in [2.45, 2.75) is 66.2 Å². The van der Waals surface area contributed by atoms with Gasteiger partial charge in [-0.25, -0.2) is 0 Å². The fourth-order valence-corrected chi connectivity index (χ4v) is 6.65. The molecule has 0 aromatic rings. The van der Waals surface area contributed by atoms with Gasteiger partial charge in [-0.15, -0.1) is 0 Å². The maximum absolute atomic E-state index is 12.9. The highest BCUT2D eigenvalue weighted by Gasteiger charge is 2.62. The van der Waals surface area contributed by atoms with Crippen molar-refractivity contribution in [3.63, 3.8) is 0 Å². The molecule has 172 valence electrons. The van der Waals surface area contributed by atoms with Crippen LogP contribution in [0.25, 0.3) is 0 Å². The third-order valence-corrected chi connectivity index (χ3v) is 9.69. The van der Waals surface area contributed by atoms with Crippen molar-refractivity contribution in [1.29, 1.82) is 0 Å². The Balaban J connectivity index is 1.84. The monoisotopic (exact) mass is 449 g/mol. The van der Waals surface area contributed by atoms with Gasteiger partial charge in [0.25, 0.3) is 10.1 Å². The summed E-state index contributed by atoms with van der Waals surface area (Å²) < 4.78 is 30.6. The first kappa shape index (κ1) is 23.9. The molecule has 0 spiro atoms. The average molecular weight is 450 g/mol. The van der Waals surface area contributed by atoms with Crippen LogP contribution in [0.3, 0.4) is 0 Å². The molecule has 0 unspecified atom stereocenters. The molecule has 3 aliphatic rings.